The van der Waals surface area contributed by atoms with E-state index < -0.39 is 0 Å². The van der Waals surface area contributed by atoms with Crippen LogP contribution in [0.1, 0.15) is 24.4 Å². The summed E-state index contributed by atoms with van der Waals surface area (Å²) in [6.07, 6.45) is 7.59. The number of rotatable bonds is 2. The van der Waals surface area contributed by atoms with E-state index in [2.05, 4.69) is 35.4 Å². The van der Waals surface area contributed by atoms with Gasteiger partial charge in [0.2, 0.25) is 0 Å². The van der Waals surface area contributed by atoms with Crippen molar-refractivity contribution in [1.82, 2.24) is 14.5 Å². The van der Waals surface area contributed by atoms with E-state index in [0.29, 0.717) is 5.92 Å². The molecule has 2 aromatic heterocycles. The van der Waals surface area contributed by atoms with Crippen LogP contribution in [-0.2, 0) is 0 Å². The van der Waals surface area contributed by atoms with Gasteiger partial charge in [0.1, 0.15) is 5.82 Å². The van der Waals surface area contributed by atoms with E-state index in [4.69, 9.17) is 0 Å². The molecular weight excluding hydrogens is 403 g/mol. The molecule has 1 aromatic carbocycles. The fourth-order valence-electron chi connectivity index (χ4n) is 4.20. The predicted octanol–water partition coefficient (Wildman–Crippen LogP) is 4.73. The van der Waals surface area contributed by atoms with E-state index in [9.17, 15) is 4.39 Å². The molecule has 7 heteroatoms. The van der Waals surface area contributed by atoms with Gasteiger partial charge in [0.15, 0.2) is 5.13 Å². The molecule has 1 saturated heterocycles. The molecule has 2 aliphatic heterocycles. The summed E-state index contributed by atoms with van der Waals surface area (Å²) in [4.78, 5) is 11.1. The van der Waals surface area contributed by atoms with Crippen LogP contribution in [0, 0.1) is 11.7 Å². The van der Waals surface area contributed by atoms with Crippen molar-refractivity contribution in [3.05, 3.63) is 52.1 Å². The van der Waals surface area contributed by atoms with Crippen molar-refractivity contribution in [3.8, 4) is 11.3 Å². The average Bonchev–Trinajstić information content (AvgIpc) is 3.31. The molecule has 2 aliphatic rings. The van der Waals surface area contributed by atoms with Gasteiger partial charge in [-0.25, -0.2) is 14.4 Å². The van der Waals surface area contributed by atoms with Crippen molar-refractivity contribution in [2.24, 2.45) is 5.92 Å². The number of imidazole rings is 1. The zero-order chi connectivity index (χ0) is 17.0. The lowest BCUT2D eigenvalue weighted by molar-refractivity contribution is 0.312. The normalized spacial score (nSPS) is 19.9. The molecule has 0 radical (unpaired) electrons. The van der Waals surface area contributed by atoms with Crippen LogP contribution >= 0.6 is 27.3 Å². The molecule has 4 heterocycles. The lowest BCUT2D eigenvalue weighted by atomic mass is 9.85. The Labute approximate surface area is 157 Å². The van der Waals surface area contributed by atoms with E-state index in [1.807, 2.05) is 24.8 Å². The third-order valence-corrected chi connectivity index (χ3v) is 6.85. The molecular formula is C18H16BrFN4S. The second-order valence-corrected chi connectivity index (χ2v) is 8.99. The summed E-state index contributed by atoms with van der Waals surface area (Å²) in [6.45, 7) is 1.91. The van der Waals surface area contributed by atoms with Crippen LogP contribution in [-0.4, -0.2) is 27.6 Å². The largest absolute Gasteiger partial charge is 0.348 e. The van der Waals surface area contributed by atoms with Crippen molar-refractivity contribution >= 4 is 32.4 Å². The molecule has 5 rings (SSSR count). The average molecular weight is 419 g/mol. The number of thiazole rings is 1. The second-order valence-electron chi connectivity index (χ2n) is 6.60. The quantitative estimate of drug-likeness (QED) is 0.603. The Balaban J connectivity index is 1.44. The van der Waals surface area contributed by atoms with Crippen LogP contribution in [0.25, 0.3) is 11.3 Å². The summed E-state index contributed by atoms with van der Waals surface area (Å²) in [5, 5.41) is 1.06. The van der Waals surface area contributed by atoms with Gasteiger partial charge in [-0.15, -0.1) is 0 Å². The molecule has 0 saturated carbocycles. The molecule has 0 spiro atoms. The number of halogens is 2. The third kappa shape index (κ3) is 2.44. The smallest absolute Gasteiger partial charge is 0.186 e. The Bertz CT molecular complexity index is 929. The van der Waals surface area contributed by atoms with Gasteiger partial charge in [0.05, 0.1) is 34.2 Å². The maximum Gasteiger partial charge on any atom is 0.186 e. The van der Waals surface area contributed by atoms with E-state index in [0.717, 1.165) is 51.7 Å². The SMILES string of the molecule is Fc1cccc2c1C(C1CCN(c3ncc(Br)s3)CC1)n1cncc1-2. The van der Waals surface area contributed by atoms with Gasteiger partial charge in [-0.1, -0.05) is 23.5 Å². The highest BCUT2D eigenvalue weighted by molar-refractivity contribution is 9.11. The van der Waals surface area contributed by atoms with Crippen molar-refractivity contribution in [2.45, 2.75) is 18.9 Å². The van der Waals surface area contributed by atoms with Gasteiger partial charge < -0.3 is 9.47 Å². The second kappa shape index (κ2) is 5.92. The molecule has 1 atom stereocenters. The monoisotopic (exact) mass is 418 g/mol. The van der Waals surface area contributed by atoms with Crippen molar-refractivity contribution in [2.75, 3.05) is 18.0 Å². The number of benzene rings is 1. The van der Waals surface area contributed by atoms with E-state index >= 15 is 0 Å². The van der Waals surface area contributed by atoms with Gasteiger partial charge in [-0.05, 0) is 40.8 Å². The summed E-state index contributed by atoms with van der Waals surface area (Å²) in [5.41, 5.74) is 2.87. The number of hydrogen-bond acceptors (Lipinski definition) is 4. The first-order valence-electron chi connectivity index (χ1n) is 8.39. The number of anilines is 1. The lowest BCUT2D eigenvalue weighted by Gasteiger charge is -2.35. The van der Waals surface area contributed by atoms with Crippen molar-refractivity contribution in [3.63, 3.8) is 0 Å². The topological polar surface area (TPSA) is 34.0 Å². The lowest BCUT2D eigenvalue weighted by Crippen LogP contribution is -2.36. The number of nitrogens with zero attached hydrogens (tertiary/aromatic N) is 4. The number of aromatic nitrogens is 3. The van der Waals surface area contributed by atoms with Gasteiger partial charge in [-0.3, -0.25) is 0 Å². The fraction of sp³-hybridized carbons (Fsp3) is 0.333. The van der Waals surface area contributed by atoms with Crippen molar-refractivity contribution in [1.29, 1.82) is 0 Å². The fourth-order valence-corrected chi connectivity index (χ4v) is 5.43. The maximum atomic E-state index is 14.6. The molecule has 1 unspecified atom stereocenters. The number of hydrogen-bond donors (Lipinski definition) is 0. The summed E-state index contributed by atoms with van der Waals surface area (Å²) in [7, 11) is 0. The minimum Gasteiger partial charge on any atom is -0.348 e. The minimum absolute atomic E-state index is 0.0545. The zero-order valence-corrected chi connectivity index (χ0v) is 15.8. The first kappa shape index (κ1) is 15.5. The predicted molar refractivity (Wildman–Crippen MR) is 101 cm³/mol. The summed E-state index contributed by atoms with van der Waals surface area (Å²) < 4.78 is 17.8. The van der Waals surface area contributed by atoms with Gasteiger partial charge in [0, 0.05) is 24.2 Å². The maximum absolute atomic E-state index is 14.6. The Kier molecular flexibility index (Phi) is 3.67. The molecule has 4 nitrogen and oxygen atoms in total. The Hall–Kier alpha value is -1.73. The van der Waals surface area contributed by atoms with Crippen LogP contribution < -0.4 is 4.90 Å². The third-order valence-electron chi connectivity index (χ3n) is 5.31. The number of fused-ring (bicyclic) bond motifs is 3. The van der Waals surface area contributed by atoms with Gasteiger partial charge in [-0.2, -0.15) is 0 Å². The summed E-state index contributed by atoms with van der Waals surface area (Å²) in [5.74, 6) is 0.309. The van der Waals surface area contributed by atoms with Crippen LogP contribution in [0.5, 0.6) is 0 Å². The molecule has 128 valence electrons. The molecule has 0 aliphatic carbocycles. The highest BCUT2D eigenvalue weighted by Crippen LogP contribution is 2.47. The van der Waals surface area contributed by atoms with Gasteiger partial charge in [0.25, 0.3) is 0 Å². The first-order chi connectivity index (χ1) is 12.2. The van der Waals surface area contributed by atoms with Crippen LogP contribution in [0.15, 0.2) is 40.7 Å². The van der Waals surface area contributed by atoms with Crippen LogP contribution in [0.3, 0.4) is 0 Å². The molecule has 25 heavy (non-hydrogen) atoms. The minimum atomic E-state index is -0.0996. The molecule has 0 bridgehead atoms. The Morgan fingerprint density at radius 1 is 1.20 bits per heavy atom. The number of piperidine rings is 1. The Morgan fingerprint density at radius 2 is 2.04 bits per heavy atom. The summed E-state index contributed by atoms with van der Waals surface area (Å²) in [6, 6.07) is 5.43. The highest BCUT2D eigenvalue weighted by Gasteiger charge is 2.38. The summed E-state index contributed by atoms with van der Waals surface area (Å²) >= 11 is 5.15. The van der Waals surface area contributed by atoms with E-state index in [-0.39, 0.29) is 11.9 Å². The molecule has 0 N–H and O–H groups in total. The zero-order valence-electron chi connectivity index (χ0n) is 13.4. The van der Waals surface area contributed by atoms with Gasteiger partial charge >= 0.3 is 0 Å². The van der Waals surface area contributed by atoms with E-state index in [1.54, 1.807) is 23.5 Å². The molecule has 1 fully saturated rings. The standard InChI is InChI=1S/C18H16BrFN4S/c19-15-9-22-18(25-15)23-6-4-11(5-7-23)17-16-12(2-1-3-13(16)20)14-8-21-10-24(14)17/h1-3,8-11,17H,4-7H2. The molecule has 3 aromatic rings. The Morgan fingerprint density at radius 3 is 2.80 bits per heavy atom. The van der Waals surface area contributed by atoms with Crippen molar-refractivity contribution < 1.29 is 4.39 Å². The molecule has 0 amide bonds. The van der Waals surface area contributed by atoms with Crippen LogP contribution in [0.2, 0.25) is 0 Å². The van der Waals surface area contributed by atoms with E-state index in [1.165, 1.54) is 0 Å². The van der Waals surface area contributed by atoms with Crippen LogP contribution in [0.4, 0.5) is 9.52 Å². The highest BCUT2D eigenvalue weighted by atomic mass is 79.9. The first-order valence-corrected chi connectivity index (χ1v) is 10.00.